The van der Waals surface area contributed by atoms with E-state index in [1.807, 2.05) is 66.2 Å². The first-order chi connectivity index (χ1) is 14.0. The van der Waals surface area contributed by atoms with Crippen LogP contribution in [0.3, 0.4) is 0 Å². The zero-order valence-electron chi connectivity index (χ0n) is 15.9. The summed E-state index contributed by atoms with van der Waals surface area (Å²) >= 11 is 1.55. The lowest BCUT2D eigenvalue weighted by atomic mass is 10.1. The van der Waals surface area contributed by atoms with E-state index in [2.05, 4.69) is 4.72 Å². The Kier molecular flexibility index (Phi) is 5.71. The van der Waals surface area contributed by atoms with Crippen LogP contribution in [0, 0.1) is 0 Å². The van der Waals surface area contributed by atoms with Crippen LogP contribution in [-0.2, 0) is 17.1 Å². The molecular weight excluding hydrogens is 402 g/mol. The summed E-state index contributed by atoms with van der Waals surface area (Å²) in [7, 11) is -1.60. The number of fused-ring (bicyclic) bond motifs is 1. The fourth-order valence-corrected chi connectivity index (χ4v) is 5.42. The van der Waals surface area contributed by atoms with Crippen LogP contribution in [0.2, 0.25) is 0 Å². The van der Waals surface area contributed by atoms with Crippen LogP contribution in [0.15, 0.2) is 95.0 Å². The maximum Gasteiger partial charge on any atom is 0.240 e. The minimum Gasteiger partial charge on any atom is -0.322 e. The van der Waals surface area contributed by atoms with Gasteiger partial charge in [0.25, 0.3) is 0 Å². The molecule has 0 bridgehead atoms. The Morgan fingerprint density at radius 3 is 2.24 bits per heavy atom. The first-order valence-electron chi connectivity index (χ1n) is 9.22. The Balaban J connectivity index is 1.61. The molecule has 1 atom stereocenters. The largest absolute Gasteiger partial charge is 0.322 e. The molecule has 0 spiro atoms. The predicted molar refractivity (Wildman–Crippen MR) is 117 cm³/mol. The quantitative estimate of drug-likeness (QED) is 0.448. The smallest absolute Gasteiger partial charge is 0.240 e. The van der Waals surface area contributed by atoms with E-state index < -0.39 is 10.0 Å². The topological polar surface area (TPSA) is 64.0 Å². The summed E-state index contributed by atoms with van der Waals surface area (Å²) < 4.78 is 30.2. The van der Waals surface area contributed by atoms with Crippen molar-refractivity contribution in [2.45, 2.75) is 15.3 Å². The van der Waals surface area contributed by atoms with E-state index in [1.165, 1.54) is 0 Å². The number of nitrogens with zero attached hydrogens (tertiary/aromatic N) is 2. The second-order valence-corrected chi connectivity index (χ2v) is 9.56. The maximum absolute atomic E-state index is 12.7. The lowest BCUT2D eigenvalue weighted by molar-refractivity contribution is 0.581. The van der Waals surface area contributed by atoms with Crippen molar-refractivity contribution in [2.75, 3.05) is 6.54 Å². The maximum atomic E-state index is 12.7. The van der Waals surface area contributed by atoms with E-state index >= 15 is 0 Å². The first kappa shape index (κ1) is 19.7. The van der Waals surface area contributed by atoms with Gasteiger partial charge >= 0.3 is 0 Å². The number of nitrogens with one attached hydrogen (secondary N) is 1. The van der Waals surface area contributed by atoms with Crippen LogP contribution in [0.5, 0.6) is 0 Å². The Hall–Kier alpha value is -2.61. The number of aryl methyl sites for hydroxylation is 1. The molecule has 1 aromatic heterocycles. The molecule has 5 nitrogen and oxygen atoms in total. The van der Waals surface area contributed by atoms with Crippen molar-refractivity contribution < 1.29 is 8.42 Å². The van der Waals surface area contributed by atoms with Gasteiger partial charge in [-0.2, -0.15) is 0 Å². The molecular formula is C22H21N3O2S2. The average Bonchev–Trinajstić information content (AvgIpc) is 3.08. The molecule has 1 N–H and O–H groups in total. The number of hydrogen-bond donors (Lipinski definition) is 1. The van der Waals surface area contributed by atoms with Gasteiger partial charge in [0.15, 0.2) is 5.16 Å². The van der Waals surface area contributed by atoms with Gasteiger partial charge in [0, 0.05) is 13.6 Å². The number of hydrogen-bond acceptors (Lipinski definition) is 4. The summed E-state index contributed by atoms with van der Waals surface area (Å²) in [6, 6.07) is 26.3. The minimum absolute atomic E-state index is 0.120. The molecule has 0 saturated carbocycles. The van der Waals surface area contributed by atoms with Crippen LogP contribution >= 0.6 is 11.8 Å². The lowest BCUT2D eigenvalue weighted by Gasteiger charge is -2.17. The lowest BCUT2D eigenvalue weighted by Crippen LogP contribution is -2.27. The van der Waals surface area contributed by atoms with Crippen molar-refractivity contribution in [1.82, 2.24) is 14.3 Å². The number of rotatable bonds is 7. The van der Waals surface area contributed by atoms with Gasteiger partial charge in [-0.3, -0.25) is 0 Å². The SMILES string of the molecule is Cn1c(S[C@@H](CNS(=O)(=O)c2ccccc2)c2ccccc2)nc2ccccc21. The van der Waals surface area contributed by atoms with Crippen molar-refractivity contribution in [3.63, 3.8) is 0 Å². The average molecular weight is 424 g/mol. The van der Waals surface area contributed by atoms with Crippen molar-refractivity contribution >= 4 is 32.8 Å². The fourth-order valence-electron chi connectivity index (χ4n) is 3.12. The molecule has 0 radical (unpaired) electrons. The van der Waals surface area contributed by atoms with Crippen LogP contribution in [0.1, 0.15) is 10.8 Å². The highest BCUT2D eigenvalue weighted by molar-refractivity contribution is 7.99. The third kappa shape index (κ3) is 4.37. The first-order valence-corrected chi connectivity index (χ1v) is 11.6. The molecule has 0 aliphatic rings. The van der Waals surface area contributed by atoms with Crippen molar-refractivity contribution in [3.8, 4) is 0 Å². The molecule has 0 aliphatic heterocycles. The summed E-state index contributed by atoms with van der Waals surface area (Å²) in [5.41, 5.74) is 3.01. The molecule has 3 aromatic carbocycles. The molecule has 1 heterocycles. The molecule has 7 heteroatoms. The van der Waals surface area contributed by atoms with Gasteiger partial charge in [0.05, 0.1) is 21.2 Å². The number of thioether (sulfide) groups is 1. The van der Waals surface area contributed by atoms with Gasteiger partial charge in [0.2, 0.25) is 10.0 Å². The van der Waals surface area contributed by atoms with Gasteiger partial charge in [-0.15, -0.1) is 0 Å². The van der Waals surface area contributed by atoms with E-state index in [9.17, 15) is 8.42 Å². The minimum atomic E-state index is -3.58. The number of benzene rings is 3. The van der Waals surface area contributed by atoms with Crippen LogP contribution < -0.4 is 4.72 Å². The van der Waals surface area contributed by atoms with Crippen LogP contribution in [-0.4, -0.2) is 24.5 Å². The summed E-state index contributed by atoms with van der Waals surface area (Å²) in [6.45, 7) is 0.259. The van der Waals surface area contributed by atoms with Crippen LogP contribution in [0.4, 0.5) is 0 Å². The Morgan fingerprint density at radius 2 is 1.55 bits per heavy atom. The Morgan fingerprint density at radius 1 is 0.931 bits per heavy atom. The number of para-hydroxylation sites is 2. The Labute approximate surface area is 174 Å². The molecule has 0 saturated heterocycles. The predicted octanol–water partition coefficient (Wildman–Crippen LogP) is 4.39. The van der Waals surface area contributed by atoms with E-state index in [0.29, 0.717) is 0 Å². The molecule has 4 rings (SSSR count). The summed E-state index contributed by atoms with van der Waals surface area (Å²) in [6.07, 6.45) is 0. The number of aromatic nitrogens is 2. The van der Waals surface area contributed by atoms with E-state index in [-0.39, 0.29) is 16.7 Å². The zero-order valence-corrected chi connectivity index (χ0v) is 17.5. The molecule has 0 fully saturated rings. The van der Waals surface area contributed by atoms with Gasteiger partial charge in [-0.25, -0.2) is 18.1 Å². The standard InChI is InChI=1S/C22H21N3O2S2/c1-25-20-15-9-8-14-19(20)24-22(25)28-21(17-10-4-2-5-11-17)16-23-29(26,27)18-12-6-3-7-13-18/h2-15,21,23H,16H2,1H3/t21-/m0/s1. The highest BCUT2D eigenvalue weighted by atomic mass is 32.2. The fraction of sp³-hybridized carbons (Fsp3) is 0.136. The van der Waals surface area contributed by atoms with E-state index in [4.69, 9.17) is 4.98 Å². The van der Waals surface area contributed by atoms with Crippen molar-refractivity contribution in [3.05, 3.63) is 90.5 Å². The monoisotopic (exact) mass is 423 g/mol. The highest BCUT2D eigenvalue weighted by Gasteiger charge is 2.21. The molecule has 4 aromatic rings. The van der Waals surface area contributed by atoms with Gasteiger partial charge in [0.1, 0.15) is 0 Å². The zero-order chi connectivity index (χ0) is 20.3. The van der Waals surface area contributed by atoms with Gasteiger partial charge in [-0.1, -0.05) is 72.4 Å². The highest BCUT2D eigenvalue weighted by Crippen LogP contribution is 2.35. The molecule has 0 amide bonds. The number of imidazole rings is 1. The Bertz CT molecular complexity index is 1210. The van der Waals surface area contributed by atoms with Gasteiger partial charge in [-0.05, 0) is 29.8 Å². The van der Waals surface area contributed by atoms with E-state index in [0.717, 1.165) is 21.8 Å². The van der Waals surface area contributed by atoms with Crippen LogP contribution in [0.25, 0.3) is 11.0 Å². The van der Waals surface area contributed by atoms with Crippen molar-refractivity contribution in [1.29, 1.82) is 0 Å². The molecule has 0 aliphatic carbocycles. The normalized spacial score (nSPS) is 12.9. The second-order valence-electron chi connectivity index (χ2n) is 6.62. The molecule has 148 valence electrons. The second kappa shape index (κ2) is 8.41. The van der Waals surface area contributed by atoms with Gasteiger partial charge < -0.3 is 4.57 Å². The third-order valence-electron chi connectivity index (χ3n) is 4.68. The summed E-state index contributed by atoms with van der Waals surface area (Å²) in [5.74, 6) is 0. The molecule has 29 heavy (non-hydrogen) atoms. The summed E-state index contributed by atoms with van der Waals surface area (Å²) in [4.78, 5) is 4.99. The van der Waals surface area contributed by atoms with Crippen molar-refractivity contribution in [2.24, 2.45) is 7.05 Å². The summed E-state index contributed by atoms with van der Waals surface area (Å²) in [5, 5.41) is 0.726. The number of sulfonamides is 1. The molecule has 0 unspecified atom stereocenters. The van der Waals surface area contributed by atoms with E-state index in [1.54, 1.807) is 42.1 Å². The third-order valence-corrected chi connectivity index (χ3v) is 7.42.